The maximum Gasteiger partial charge on any atom is 0.343 e. The second kappa shape index (κ2) is 16.8. The Labute approximate surface area is 230 Å². The molecule has 0 bridgehead atoms. The van der Waals surface area contributed by atoms with Crippen LogP contribution in [0.4, 0.5) is 5.69 Å². The first-order valence-electron chi connectivity index (χ1n) is 13.4. The second-order valence-corrected chi connectivity index (χ2v) is 9.03. The van der Waals surface area contributed by atoms with E-state index in [1.165, 1.54) is 32.1 Å². The van der Waals surface area contributed by atoms with E-state index in [0.717, 1.165) is 17.7 Å². The number of unbranched alkanes of at least 4 members (excludes halogenated alkanes) is 5. The highest BCUT2D eigenvalue weighted by Gasteiger charge is 2.09. The highest BCUT2D eigenvalue weighted by Crippen LogP contribution is 2.18. The molecule has 39 heavy (non-hydrogen) atoms. The number of methoxy groups -OCH3 is 1. The fraction of sp³-hybridized carbons (Fsp3) is 0.344. The fourth-order valence-corrected chi connectivity index (χ4v) is 3.68. The molecule has 0 heterocycles. The van der Waals surface area contributed by atoms with Gasteiger partial charge in [0.2, 0.25) is 0 Å². The first-order valence-corrected chi connectivity index (χ1v) is 13.4. The lowest BCUT2D eigenvalue weighted by molar-refractivity contribution is 0.0388. The van der Waals surface area contributed by atoms with Gasteiger partial charge in [-0.15, -0.1) is 0 Å². The molecule has 0 N–H and O–H groups in total. The van der Waals surface area contributed by atoms with E-state index in [9.17, 15) is 9.59 Å². The maximum atomic E-state index is 12.5. The monoisotopic (exact) mass is 531 g/mol. The third-order valence-corrected chi connectivity index (χ3v) is 5.93. The first kappa shape index (κ1) is 29.6. The van der Waals surface area contributed by atoms with Crippen molar-refractivity contribution in [3.8, 4) is 11.5 Å². The molecule has 7 nitrogen and oxygen atoms in total. The SMILES string of the molecule is CCCCCCCCOc1ccc(C(=O)Oc2ccc(C=Nc3ccc(C(=O)OCCOC)cc3)cc2)cc1. The minimum absolute atomic E-state index is 0.209. The van der Waals surface area contributed by atoms with E-state index >= 15 is 0 Å². The summed E-state index contributed by atoms with van der Waals surface area (Å²) in [5.74, 6) is 0.359. The number of hydrogen-bond acceptors (Lipinski definition) is 7. The van der Waals surface area contributed by atoms with Gasteiger partial charge in [0.15, 0.2) is 0 Å². The smallest absolute Gasteiger partial charge is 0.343 e. The molecule has 0 spiro atoms. The predicted molar refractivity (Wildman–Crippen MR) is 153 cm³/mol. The molecule has 0 fully saturated rings. The molecule has 0 aliphatic heterocycles. The molecule has 0 aliphatic carbocycles. The van der Waals surface area contributed by atoms with Crippen LogP contribution in [0.5, 0.6) is 11.5 Å². The van der Waals surface area contributed by atoms with Gasteiger partial charge in [-0.1, -0.05) is 39.0 Å². The number of hydrogen-bond donors (Lipinski definition) is 0. The van der Waals surface area contributed by atoms with E-state index in [1.54, 1.807) is 74.0 Å². The third kappa shape index (κ3) is 10.7. The highest BCUT2D eigenvalue weighted by atomic mass is 16.6. The van der Waals surface area contributed by atoms with Gasteiger partial charge >= 0.3 is 11.9 Å². The van der Waals surface area contributed by atoms with E-state index < -0.39 is 11.9 Å². The number of ether oxygens (including phenoxy) is 4. The summed E-state index contributed by atoms with van der Waals surface area (Å²) in [6, 6.07) is 20.9. The number of aliphatic imine (C=N–C) groups is 1. The highest BCUT2D eigenvalue weighted by molar-refractivity contribution is 5.91. The Morgan fingerprint density at radius 1 is 0.692 bits per heavy atom. The topological polar surface area (TPSA) is 83.4 Å². The summed E-state index contributed by atoms with van der Waals surface area (Å²) in [6.07, 6.45) is 8.99. The Morgan fingerprint density at radius 3 is 2.00 bits per heavy atom. The molecule has 0 aliphatic rings. The lowest BCUT2D eigenvalue weighted by Crippen LogP contribution is -2.09. The van der Waals surface area contributed by atoms with Gasteiger partial charge in [-0.05, 0) is 84.8 Å². The van der Waals surface area contributed by atoms with Gasteiger partial charge in [0.05, 0.1) is 30.0 Å². The Kier molecular flexibility index (Phi) is 12.7. The number of benzene rings is 3. The van der Waals surface area contributed by atoms with Gasteiger partial charge in [0, 0.05) is 13.3 Å². The quantitative estimate of drug-likeness (QED) is 0.0841. The van der Waals surface area contributed by atoms with E-state index in [0.29, 0.717) is 35.8 Å². The van der Waals surface area contributed by atoms with Crippen LogP contribution in [0.15, 0.2) is 77.8 Å². The standard InChI is InChI=1S/C32H37NO6/c1-3-4-5-6-7-8-21-37-29-19-13-27(14-20-29)32(35)39-30-17-9-25(10-18-30)24-33-28-15-11-26(12-16-28)31(34)38-23-22-36-2/h9-20,24H,3-8,21-23H2,1-2H3. The molecule has 0 amide bonds. The summed E-state index contributed by atoms with van der Waals surface area (Å²) in [6.45, 7) is 3.46. The zero-order chi connectivity index (χ0) is 27.7. The average molecular weight is 532 g/mol. The van der Waals surface area contributed by atoms with Crippen molar-refractivity contribution >= 4 is 23.8 Å². The molecule has 3 aromatic rings. The molecule has 0 aromatic heterocycles. The van der Waals surface area contributed by atoms with Crippen LogP contribution in [0.25, 0.3) is 0 Å². The molecule has 206 valence electrons. The molecule has 0 saturated heterocycles. The lowest BCUT2D eigenvalue weighted by Gasteiger charge is -2.08. The van der Waals surface area contributed by atoms with Crippen molar-refractivity contribution in [3.63, 3.8) is 0 Å². The minimum atomic E-state index is -0.431. The van der Waals surface area contributed by atoms with Crippen molar-refractivity contribution in [1.29, 1.82) is 0 Å². The largest absolute Gasteiger partial charge is 0.494 e. The summed E-state index contributed by atoms with van der Waals surface area (Å²) in [5.41, 5.74) is 2.44. The number of carbonyl (C=O) groups excluding carboxylic acids is 2. The number of rotatable bonds is 16. The van der Waals surface area contributed by atoms with Gasteiger partial charge in [0.1, 0.15) is 18.1 Å². The van der Waals surface area contributed by atoms with Crippen LogP contribution in [0.1, 0.15) is 71.7 Å². The fourth-order valence-electron chi connectivity index (χ4n) is 3.68. The van der Waals surface area contributed by atoms with E-state index in [4.69, 9.17) is 18.9 Å². The minimum Gasteiger partial charge on any atom is -0.494 e. The van der Waals surface area contributed by atoms with Gasteiger partial charge in [-0.3, -0.25) is 4.99 Å². The van der Waals surface area contributed by atoms with Crippen molar-refractivity contribution in [1.82, 2.24) is 0 Å². The molecule has 7 heteroatoms. The Hall–Kier alpha value is -3.97. The van der Waals surface area contributed by atoms with E-state index in [2.05, 4.69) is 11.9 Å². The zero-order valence-corrected chi connectivity index (χ0v) is 22.8. The molecule has 0 unspecified atom stereocenters. The molecule has 3 rings (SSSR count). The van der Waals surface area contributed by atoms with Gasteiger partial charge < -0.3 is 18.9 Å². The Balaban J connectivity index is 1.43. The van der Waals surface area contributed by atoms with E-state index in [-0.39, 0.29) is 6.61 Å². The second-order valence-electron chi connectivity index (χ2n) is 9.03. The molecule has 0 saturated carbocycles. The third-order valence-electron chi connectivity index (χ3n) is 5.93. The molecule has 3 aromatic carbocycles. The van der Waals surface area contributed by atoms with Crippen molar-refractivity contribution < 1.29 is 28.5 Å². The van der Waals surface area contributed by atoms with Crippen molar-refractivity contribution in [2.45, 2.75) is 45.4 Å². The van der Waals surface area contributed by atoms with Gasteiger partial charge in [0.25, 0.3) is 0 Å². The van der Waals surface area contributed by atoms with Crippen LogP contribution >= 0.6 is 0 Å². The number of carbonyl (C=O) groups is 2. The Bertz CT molecular complexity index is 1170. The van der Waals surface area contributed by atoms with Crippen molar-refractivity contribution in [2.24, 2.45) is 4.99 Å². The lowest BCUT2D eigenvalue weighted by atomic mass is 10.1. The summed E-state index contributed by atoms with van der Waals surface area (Å²) in [5, 5.41) is 0. The van der Waals surface area contributed by atoms with Crippen LogP contribution in [0, 0.1) is 0 Å². The average Bonchev–Trinajstić information content (AvgIpc) is 2.97. The van der Waals surface area contributed by atoms with Gasteiger partial charge in [-0.25, -0.2) is 9.59 Å². The number of esters is 2. The van der Waals surface area contributed by atoms with Gasteiger partial charge in [-0.2, -0.15) is 0 Å². The number of nitrogens with zero attached hydrogens (tertiary/aromatic N) is 1. The summed E-state index contributed by atoms with van der Waals surface area (Å²) in [7, 11) is 1.55. The normalized spacial score (nSPS) is 10.9. The van der Waals surface area contributed by atoms with Crippen LogP contribution in [-0.2, 0) is 9.47 Å². The molecule has 0 radical (unpaired) electrons. The predicted octanol–water partition coefficient (Wildman–Crippen LogP) is 7.20. The summed E-state index contributed by atoms with van der Waals surface area (Å²) < 4.78 is 21.2. The van der Waals surface area contributed by atoms with Crippen molar-refractivity contribution in [2.75, 3.05) is 26.9 Å². The van der Waals surface area contributed by atoms with Crippen molar-refractivity contribution in [3.05, 3.63) is 89.5 Å². The first-order chi connectivity index (χ1) is 19.1. The van der Waals surface area contributed by atoms with Crippen LogP contribution in [0.3, 0.4) is 0 Å². The molecule has 0 atom stereocenters. The Morgan fingerprint density at radius 2 is 1.31 bits per heavy atom. The molecular weight excluding hydrogens is 494 g/mol. The van der Waals surface area contributed by atoms with Crippen LogP contribution in [0.2, 0.25) is 0 Å². The molecular formula is C32H37NO6. The zero-order valence-electron chi connectivity index (χ0n) is 22.8. The van der Waals surface area contributed by atoms with E-state index in [1.807, 2.05) is 12.1 Å². The van der Waals surface area contributed by atoms with Crippen LogP contribution in [-0.4, -0.2) is 45.1 Å². The maximum absolute atomic E-state index is 12.5. The summed E-state index contributed by atoms with van der Waals surface area (Å²) >= 11 is 0. The van der Waals surface area contributed by atoms with Crippen LogP contribution < -0.4 is 9.47 Å². The summed E-state index contributed by atoms with van der Waals surface area (Å²) in [4.78, 5) is 28.9.